The summed E-state index contributed by atoms with van der Waals surface area (Å²) in [6, 6.07) is 12.0. The van der Waals surface area contributed by atoms with Gasteiger partial charge in [0.1, 0.15) is 12.7 Å². The van der Waals surface area contributed by atoms with E-state index in [1.165, 1.54) is 32.6 Å². The third-order valence-corrected chi connectivity index (χ3v) is 6.08. The molecule has 0 aliphatic carbocycles. The maximum atomic E-state index is 12.3. The molecule has 152 valence electrons. The second-order valence-electron chi connectivity index (χ2n) is 6.55. The summed E-state index contributed by atoms with van der Waals surface area (Å²) in [5.74, 6) is -0.284. The topological polar surface area (TPSA) is 109 Å². The monoisotopic (exact) mass is 414 g/mol. The molecule has 9 nitrogen and oxygen atoms in total. The van der Waals surface area contributed by atoms with E-state index in [-0.39, 0.29) is 17.3 Å². The molecule has 1 heterocycles. The standard InChI is InChI=1S/C19H22N6O3S/c1-14-4-9-17(29(27,28)24(2)3)10-18(14)23-19(26)11-21-15-5-7-16(8-6-15)25-13-20-12-22-25/h4-10,12-13,21H,11H2,1-3H3,(H,23,26). The van der Waals surface area contributed by atoms with E-state index < -0.39 is 10.0 Å². The second-order valence-corrected chi connectivity index (χ2v) is 8.70. The van der Waals surface area contributed by atoms with Gasteiger partial charge in [0.15, 0.2) is 0 Å². The van der Waals surface area contributed by atoms with Gasteiger partial charge in [0.25, 0.3) is 0 Å². The highest BCUT2D eigenvalue weighted by atomic mass is 32.2. The van der Waals surface area contributed by atoms with Gasteiger partial charge in [-0.2, -0.15) is 5.10 Å². The molecule has 0 atom stereocenters. The summed E-state index contributed by atoms with van der Waals surface area (Å²) < 4.78 is 27.4. The molecule has 0 unspecified atom stereocenters. The van der Waals surface area contributed by atoms with Crippen LogP contribution < -0.4 is 10.6 Å². The van der Waals surface area contributed by atoms with E-state index in [9.17, 15) is 13.2 Å². The first kappa shape index (κ1) is 20.5. The summed E-state index contributed by atoms with van der Waals surface area (Å²) in [7, 11) is -0.648. The van der Waals surface area contributed by atoms with E-state index in [4.69, 9.17) is 0 Å². The SMILES string of the molecule is Cc1ccc(S(=O)(=O)N(C)C)cc1NC(=O)CNc1ccc(-n2cncn2)cc1. The van der Waals surface area contributed by atoms with Crippen molar-refractivity contribution in [1.29, 1.82) is 0 Å². The first-order chi connectivity index (χ1) is 13.8. The largest absolute Gasteiger partial charge is 0.376 e. The number of sulfonamides is 1. The molecule has 10 heteroatoms. The molecule has 0 spiro atoms. The first-order valence-electron chi connectivity index (χ1n) is 8.79. The van der Waals surface area contributed by atoms with E-state index >= 15 is 0 Å². The van der Waals surface area contributed by atoms with Crippen LogP contribution in [0.4, 0.5) is 11.4 Å². The number of nitrogens with zero attached hydrogens (tertiary/aromatic N) is 4. The van der Waals surface area contributed by atoms with Crippen LogP contribution in [0.2, 0.25) is 0 Å². The first-order valence-corrected chi connectivity index (χ1v) is 10.2. The third-order valence-electron chi connectivity index (χ3n) is 4.27. The predicted octanol–water partition coefficient (Wildman–Crippen LogP) is 1.88. The third kappa shape index (κ3) is 4.79. The molecule has 3 rings (SSSR count). The van der Waals surface area contributed by atoms with Crippen LogP contribution in [0.3, 0.4) is 0 Å². The number of amides is 1. The minimum absolute atomic E-state index is 0.0345. The number of aromatic nitrogens is 3. The van der Waals surface area contributed by atoms with Crippen molar-refractivity contribution in [1.82, 2.24) is 19.1 Å². The molecule has 0 radical (unpaired) electrons. The van der Waals surface area contributed by atoms with E-state index in [1.54, 1.807) is 24.0 Å². The van der Waals surface area contributed by atoms with E-state index in [1.807, 2.05) is 24.3 Å². The molecule has 1 aromatic heterocycles. The van der Waals surface area contributed by atoms with E-state index in [0.717, 1.165) is 21.2 Å². The smallest absolute Gasteiger partial charge is 0.243 e. The summed E-state index contributed by atoms with van der Waals surface area (Å²) in [4.78, 5) is 16.4. The lowest BCUT2D eigenvalue weighted by Crippen LogP contribution is -2.24. The van der Waals surface area contributed by atoms with Crippen molar-refractivity contribution in [2.75, 3.05) is 31.3 Å². The zero-order valence-electron chi connectivity index (χ0n) is 16.3. The number of rotatable bonds is 7. The fourth-order valence-corrected chi connectivity index (χ4v) is 3.49. The number of carbonyl (C=O) groups is 1. The average Bonchev–Trinajstić information content (AvgIpc) is 3.23. The van der Waals surface area contributed by atoms with Gasteiger partial charge < -0.3 is 10.6 Å². The number of anilines is 2. The van der Waals surface area contributed by atoms with Crippen molar-refractivity contribution in [2.45, 2.75) is 11.8 Å². The van der Waals surface area contributed by atoms with Gasteiger partial charge in [0.05, 0.1) is 17.1 Å². The number of nitrogens with one attached hydrogen (secondary N) is 2. The normalized spacial score (nSPS) is 11.4. The van der Waals surface area contributed by atoms with E-state index in [2.05, 4.69) is 20.7 Å². The summed E-state index contributed by atoms with van der Waals surface area (Å²) in [6.07, 6.45) is 3.06. The molecular weight excluding hydrogens is 392 g/mol. The Labute approximate surface area is 169 Å². The molecular formula is C19H22N6O3S. The highest BCUT2D eigenvalue weighted by Crippen LogP contribution is 2.22. The molecule has 0 fully saturated rings. The number of hydrogen-bond donors (Lipinski definition) is 2. The Balaban J connectivity index is 1.64. The van der Waals surface area contributed by atoms with Crippen LogP contribution in [0.25, 0.3) is 5.69 Å². The Hall–Kier alpha value is -3.24. The van der Waals surface area contributed by atoms with Gasteiger partial charge in [-0.1, -0.05) is 6.07 Å². The molecule has 1 amide bonds. The van der Waals surface area contributed by atoms with Crippen molar-refractivity contribution in [3.05, 3.63) is 60.7 Å². The maximum absolute atomic E-state index is 12.3. The molecule has 29 heavy (non-hydrogen) atoms. The Morgan fingerprint density at radius 3 is 2.48 bits per heavy atom. The van der Waals surface area contributed by atoms with Crippen molar-refractivity contribution in [3.63, 3.8) is 0 Å². The summed E-state index contributed by atoms with van der Waals surface area (Å²) >= 11 is 0. The molecule has 3 aromatic rings. The average molecular weight is 414 g/mol. The van der Waals surface area contributed by atoms with Gasteiger partial charge in [-0.05, 0) is 48.9 Å². The van der Waals surface area contributed by atoms with Crippen molar-refractivity contribution in [3.8, 4) is 5.69 Å². The molecule has 2 N–H and O–H groups in total. The van der Waals surface area contributed by atoms with Gasteiger partial charge >= 0.3 is 0 Å². The van der Waals surface area contributed by atoms with Crippen molar-refractivity contribution < 1.29 is 13.2 Å². The lowest BCUT2D eigenvalue weighted by molar-refractivity contribution is -0.114. The van der Waals surface area contributed by atoms with Crippen LogP contribution in [-0.4, -0.2) is 54.0 Å². The van der Waals surface area contributed by atoms with Gasteiger partial charge in [-0.15, -0.1) is 0 Å². The number of hydrogen-bond acceptors (Lipinski definition) is 6. The van der Waals surface area contributed by atoms with Gasteiger partial charge in [0, 0.05) is 25.5 Å². The highest BCUT2D eigenvalue weighted by molar-refractivity contribution is 7.89. The number of carbonyl (C=O) groups excluding carboxylic acids is 1. The van der Waals surface area contributed by atoms with E-state index in [0.29, 0.717) is 5.69 Å². The minimum Gasteiger partial charge on any atom is -0.376 e. The van der Waals surface area contributed by atoms with Gasteiger partial charge in [0.2, 0.25) is 15.9 Å². The van der Waals surface area contributed by atoms with Crippen LogP contribution >= 0.6 is 0 Å². The van der Waals surface area contributed by atoms with Crippen molar-refractivity contribution >= 4 is 27.3 Å². The lowest BCUT2D eigenvalue weighted by atomic mass is 10.2. The zero-order chi connectivity index (χ0) is 21.0. The van der Waals surface area contributed by atoms with Crippen LogP contribution in [0.1, 0.15) is 5.56 Å². The highest BCUT2D eigenvalue weighted by Gasteiger charge is 2.18. The Morgan fingerprint density at radius 2 is 1.86 bits per heavy atom. The fourth-order valence-electron chi connectivity index (χ4n) is 2.56. The van der Waals surface area contributed by atoms with Crippen LogP contribution in [0.5, 0.6) is 0 Å². The van der Waals surface area contributed by atoms with Crippen molar-refractivity contribution in [2.24, 2.45) is 0 Å². The molecule has 2 aromatic carbocycles. The zero-order valence-corrected chi connectivity index (χ0v) is 17.1. The predicted molar refractivity (Wildman–Crippen MR) is 111 cm³/mol. The Morgan fingerprint density at radius 1 is 1.14 bits per heavy atom. The molecule has 0 aliphatic rings. The number of benzene rings is 2. The van der Waals surface area contributed by atoms with Crippen LogP contribution in [-0.2, 0) is 14.8 Å². The summed E-state index contributed by atoms with van der Waals surface area (Å²) in [6.45, 7) is 1.84. The summed E-state index contributed by atoms with van der Waals surface area (Å²) in [5, 5.41) is 9.85. The molecule has 0 saturated carbocycles. The number of aryl methyl sites for hydroxylation is 1. The minimum atomic E-state index is -3.58. The molecule has 0 bridgehead atoms. The Bertz CT molecular complexity index is 1090. The van der Waals surface area contributed by atoms with Crippen LogP contribution in [0, 0.1) is 6.92 Å². The fraction of sp³-hybridized carbons (Fsp3) is 0.211. The maximum Gasteiger partial charge on any atom is 0.243 e. The van der Waals surface area contributed by atoms with Crippen LogP contribution in [0.15, 0.2) is 60.0 Å². The molecule has 0 aliphatic heterocycles. The quantitative estimate of drug-likeness (QED) is 0.611. The molecule has 0 saturated heterocycles. The summed E-state index contributed by atoms with van der Waals surface area (Å²) in [5.41, 5.74) is 2.85. The second kappa shape index (κ2) is 8.41. The lowest BCUT2D eigenvalue weighted by Gasteiger charge is -2.15. The van der Waals surface area contributed by atoms with Gasteiger partial charge in [-0.25, -0.2) is 22.4 Å². The Kier molecular flexibility index (Phi) is 5.95. The van der Waals surface area contributed by atoms with Gasteiger partial charge in [-0.3, -0.25) is 4.79 Å².